The molecule has 33 heavy (non-hydrogen) atoms. The molecule has 1 aromatic heterocycles. The predicted molar refractivity (Wildman–Crippen MR) is 128 cm³/mol. The van der Waals surface area contributed by atoms with Crippen molar-refractivity contribution < 1.29 is 22.4 Å². The number of halogens is 4. The molecule has 3 rings (SSSR count). The van der Waals surface area contributed by atoms with Gasteiger partial charge in [-0.05, 0) is 67.5 Å². The summed E-state index contributed by atoms with van der Waals surface area (Å²) in [7, 11) is 0. The predicted octanol–water partition coefficient (Wildman–Crippen LogP) is 7.46. The van der Waals surface area contributed by atoms with Crippen LogP contribution in [-0.4, -0.2) is 23.4 Å². The molecule has 1 heterocycles. The van der Waals surface area contributed by atoms with Crippen molar-refractivity contribution in [2.45, 2.75) is 33.2 Å². The Morgan fingerprint density at radius 2 is 1.64 bits per heavy atom. The Bertz CT molecular complexity index is 1100. The average Bonchev–Trinajstić information content (AvgIpc) is 2.78. The normalized spacial score (nSPS) is 12.5. The van der Waals surface area contributed by atoms with E-state index in [0.717, 1.165) is 34.5 Å². The molecule has 174 valence electrons. The third kappa shape index (κ3) is 6.45. The fourth-order valence-electron chi connectivity index (χ4n) is 3.00. The third-order valence-electron chi connectivity index (χ3n) is 4.59. The second-order valence-corrected chi connectivity index (χ2v) is 9.73. The Labute approximate surface area is 202 Å². The summed E-state index contributed by atoms with van der Waals surface area (Å²) in [6.07, 6.45) is -0.744. The first kappa shape index (κ1) is 25.5. The number of amides is 1. The molecule has 1 N–H and O–H groups in total. The first-order valence-corrected chi connectivity index (χ1v) is 12.9. The number of benzene rings is 2. The van der Waals surface area contributed by atoms with E-state index in [0.29, 0.717) is 21.2 Å². The summed E-state index contributed by atoms with van der Waals surface area (Å²) >= 11 is 3.97. The van der Waals surface area contributed by atoms with Gasteiger partial charge in [0, 0.05) is 15.5 Å². The molecule has 10 heteroatoms. The molecule has 0 aliphatic carbocycles. The van der Waals surface area contributed by atoms with Crippen LogP contribution in [0.2, 0.25) is 0 Å². The molecular formula is C23H20F4N2OS3. The summed E-state index contributed by atoms with van der Waals surface area (Å²) in [6, 6.07) is 11.9. The van der Waals surface area contributed by atoms with Gasteiger partial charge in [0.2, 0.25) is 5.91 Å². The van der Waals surface area contributed by atoms with Crippen LogP contribution in [0.1, 0.15) is 22.1 Å². The Morgan fingerprint density at radius 1 is 1.00 bits per heavy atom. The number of aromatic nitrogens is 1. The lowest BCUT2D eigenvalue weighted by Crippen LogP contribution is -2.20. The molecule has 0 bridgehead atoms. The van der Waals surface area contributed by atoms with E-state index in [2.05, 4.69) is 10.3 Å². The van der Waals surface area contributed by atoms with Crippen LogP contribution in [0, 0.1) is 12.7 Å². The fourth-order valence-corrected chi connectivity index (χ4v) is 5.33. The Morgan fingerprint density at radius 3 is 2.18 bits per heavy atom. The van der Waals surface area contributed by atoms with E-state index in [-0.39, 0.29) is 0 Å². The van der Waals surface area contributed by atoms with Crippen LogP contribution in [0.15, 0.2) is 69.4 Å². The van der Waals surface area contributed by atoms with Crippen LogP contribution >= 0.6 is 35.3 Å². The molecule has 3 nitrogen and oxygen atoms in total. The molecule has 0 saturated heterocycles. The van der Waals surface area contributed by atoms with E-state index in [1.807, 2.05) is 25.5 Å². The molecule has 0 aliphatic heterocycles. The molecular weight excluding hydrogens is 492 g/mol. The highest BCUT2D eigenvalue weighted by Gasteiger charge is 2.31. The first-order valence-electron chi connectivity index (χ1n) is 9.62. The average molecular weight is 513 g/mol. The van der Waals surface area contributed by atoms with Crippen LogP contribution < -0.4 is 5.32 Å². The number of rotatable bonds is 7. The molecule has 1 unspecified atom stereocenters. The van der Waals surface area contributed by atoms with Crippen molar-refractivity contribution in [3.63, 3.8) is 0 Å². The van der Waals surface area contributed by atoms with Gasteiger partial charge >= 0.3 is 6.18 Å². The number of nitrogens with one attached hydrogen (secondary N) is 1. The number of carbonyl (C=O) groups is 1. The Kier molecular flexibility index (Phi) is 8.36. The highest BCUT2D eigenvalue weighted by Crippen LogP contribution is 2.40. The number of pyridine rings is 1. The molecule has 3 aromatic rings. The molecule has 0 spiro atoms. The van der Waals surface area contributed by atoms with Crippen molar-refractivity contribution in [2.24, 2.45) is 0 Å². The van der Waals surface area contributed by atoms with E-state index in [4.69, 9.17) is 0 Å². The lowest BCUT2D eigenvalue weighted by atomic mass is 10.1. The minimum atomic E-state index is -4.48. The summed E-state index contributed by atoms with van der Waals surface area (Å²) in [5.41, 5.74) is 0.962. The number of thioether (sulfide) groups is 3. The summed E-state index contributed by atoms with van der Waals surface area (Å²) in [5.74, 6) is -0.838. The van der Waals surface area contributed by atoms with E-state index in [1.54, 1.807) is 0 Å². The molecule has 2 aromatic carbocycles. The quantitative estimate of drug-likeness (QED) is 0.263. The van der Waals surface area contributed by atoms with Gasteiger partial charge in [-0.2, -0.15) is 13.2 Å². The zero-order chi connectivity index (χ0) is 24.2. The largest absolute Gasteiger partial charge is 0.416 e. The standard InChI is InChI=1S/C23H20F4N2OS3/c1-13-12-18(31-2)19(22(28-13)32-3)29-21(30)20(33-17-10-8-16(24)9-11-17)14-4-6-15(7-5-14)23(25,26)27/h4-12,20H,1-3H3,(H,29,30). The summed E-state index contributed by atoms with van der Waals surface area (Å²) < 4.78 is 52.4. The second-order valence-electron chi connectivity index (χ2n) is 6.91. The Hall–Kier alpha value is -2.17. The maximum Gasteiger partial charge on any atom is 0.416 e. The zero-order valence-electron chi connectivity index (χ0n) is 17.9. The molecule has 1 atom stereocenters. The SMILES string of the molecule is CSc1cc(C)nc(SC)c1NC(=O)C(Sc1ccc(F)cc1)c1ccc(C(F)(F)F)cc1. The van der Waals surface area contributed by atoms with E-state index >= 15 is 0 Å². The topological polar surface area (TPSA) is 42.0 Å². The first-order chi connectivity index (χ1) is 15.6. The van der Waals surface area contributed by atoms with Gasteiger partial charge in [0.25, 0.3) is 0 Å². The monoisotopic (exact) mass is 512 g/mol. The number of hydrogen-bond acceptors (Lipinski definition) is 5. The van der Waals surface area contributed by atoms with Crippen molar-refractivity contribution in [1.29, 1.82) is 0 Å². The second kappa shape index (κ2) is 10.8. The minimum absolute atomic E-state index is 0.395. The summed E-state index contributed by atoms with van der Waals surface area (Å²) in [4.78, 5) is 19.3. The molecule has 0 saturated carbocycles. The smallest absolute Gasteiger partial charge is 0.322 e. The van der Waals surface area contributed by atoms with Crippen LogP contribution in [0.4, 0.5) is 23.2 Å². The number of aryl methyl sites for hydroxylation is 1. The Balaban J connectivity index is 1.98. The molecule has 0 fully saturated rings. The van der Waals surface area contributed by atoms with E-state index < -0.39 is 28.7 Å². The minimum Gasteiger partial charge on any atom is -0.322 e. The van der Waals surface area contributed by atoms with Crippen LogP contribution in [0.5, 0.6) is 0 Å². The lowest BCUT2D eigenvalue weighted by molar-refractivity contribution is -0.137. The lowest BCUT2D eigenvalue weighted by Gasteiger charge is -2.20. The number of nitrogens with zero attached hydrogens (tertiary/aromatic N) is 1. The maximum atomic E-state index is 13.4. The van der Waals surface area contributed by atoms with Crippen LogP contribution in [0.25, 0.3) is 0 Å². The van der Waals surface area contributed by atoms with Gasteiger partial charge in [-0.1, -0.05) is 12.1 Å². The van der Waals surface area contributed by atoms with E-state index in [9.17, 15) is 22.4 Å². The third-order valence-corrected chi connectivity index (χ3v) is 7.30. The van der Waals surface area contributed by atoms with Crippen molar-refractivity contribution in [1.82, 2.24) is 4.98 Å². The van der Waals surface area contributed by atoms with Gasteiger partial charge in [0.1, 0.15) is 16.1 Å². The van der Waals surface area contributed by atoms with Gasteiger partial charge in [-0.15, -0.1) is 35.3 Å². The van der Waals surface area contributed by atoms with Crippen molar-refractivity contribution in [2.75, 3.05) is 17.8 Å². The van der Waals surface area contributed by atoms with E-state index in [1.165, 1.54) is 59.9 Å². The van der Waals surface area contributed by atoms with Crippen LogP contribution in [-0.2, 0) is 11.0 Å². The van der Waals surface area contributed by atoms with Gasteiger partial charge < -0.3 is 5.32 Å². The number of alkyl halides is 3. The molecule has 1 amide bonds. The fraction of sp³-hybridized carbons (Fsp3) is 0.217. The number of anilines is 1. The van der Waals surface area contributed by atoms with Gasteiger partial charge in [0.05, 0.1) is 11.3 Å². The highest BCUT2D eigenvalue weighted by atomic mass is 32.2. The van der Waals surface area contributed by atoms with Crippen molar-refractivity contribution in [3.05, 3.63) is 77.2 Å². The molecule has 0 radical (unpaired) electrons. The number of hydrogen-bond donors (Lipinski definition) is 1. The summed E-state index contributed by atoms with van der Waals surface area (Å²) in [5, 5.41) is 2.70. The molecule has 0 aliphatic rings. The van der Waals surface area contributed by atoms with Gasteiger partial charge in [-0.3, -0.25) is 4.79 Å². The summed E-state index contributed by atoms with van der Waals surface area (Å²) in [6.45, 7) is 1.86. The van der Waals surface area contributed by atoms with Crippen molar-refractivity contribution in [3.8, 4) is 0 Å². The maximum absolute atomic E-state index is 13.4. The zero-order valence-corrected chi connectivity index (χ0v) is 20.3. The highest BCUT2D eigenvalue weighted by molar-refractivity contribution is 8.00. The van der Waals surface area contributed by atoms with Gasteiger partial charge in [-0.25, -0.2) is 9.37 Å². The van der Waals surface area contributed by atoms with Crippen LogP contribution in [0.3, 0.4) is 0 Å². The number of carbonyl (C=O) groups excluding carboxylic acids is 1. The van der Waals surface area contributed by atoms with Crippen molar-refractivity contribution >= 4 is 46.9 Å². The van der Waals surface area contributed by atoms with Gasteiger partial charge in [0.15, 0.2) is 0 Å².